The molecule has 0 aliphatic heterocycles. The van der Waals surface area contributed by atoms with E-state index in [4.69, 9.17) is 0 Å². The summed E-state index contributed by atoms with van der Waals surface area (Å²) in [6.07, 6.45) is 17.0. The van der Waals surface area contributed by atoms with Crippen molar-refractivity contribution < 1.29 is 21.3 Å². The van der Waals surface area contributed by atoms with Crippen molar-refractivity contribution in [3.63, 3.8) is 0 Å². The molecule has 2 aliphatic carbocycles. The van der Waals surface area contributed by atoms with Crippen LogP contribution in [0, 0.1) is 13.8 Å². The Kier molecular flexibility index (Phi) is 11.1. The first-order valence-corrected chi connectivity index (χ1v) is 23.5. The summed E-state index contributed by atoms with van der Waals surface area (Å²) in [7, 11) is 0. The van der Waals surface area contributed by atoms with E-state index in [1.807, 2.05) is 0 Å². The van der Waals surface area contributed by atoms with Crippen molar-refractivity contribution in [1.82, 2.24) is 0 Å². The molecule has 0 heterocycles. The molecule has 260 valence electrons. The van der Waals surface area contributed by atoms with Crippen molar-refractivity contribution in [2.75, 3.05) is 0 Å². The molecule has 0 amide bonds. The zero-order chi connectivity index (χ0) is 35.8. The van der Waals surface area contributed by atoms with Crippen molar-refractivity contribution in [3.05, 3.63) is 153 Å². The molecule has 6 rings (SSSR count). The third-order valence-corrected chi connectivity index (χ3v) is 19.8. The molecule has 0 bridgehead atoms. The van der Waals surface area contributed by atoms with Crippen LogP contribution < -0.4 is 0 Å². The molecule has 4 aromatic carbocycles. The Bertz CT molecular complexity index is 1800. The zero-order valence-electron chi connectivity index (χ0n) is 32.6. The second-order valence-electron chi connectivity index (χ2n) is 17.2. The maximum absolute atomic E-state index is 2.74. The first-order chi connectivity index (χ1) is 23.8. The van der Waals surface area contributed by atoms with Gasteiger partial charge in [-0.2, -0.15) is 0 Å². The van der Waals surface area contributed by atoms with Crippen molar-refractivity contribution in [2.45, 2.75) is 126 Å². The van der Waals surface area contributed by atoms with Crippen LogP contribution in [-0.4, -0.2) is 3.21 Å². The summed E-state index contributed by atoms with van der Waals surface area (Å²) in [5, 5.41) is 0. The van der Waals surface area contributed by atoms with E-state index in [0.29, 0.717) is 7.25 Å². The van der Waals surface area contributed by atoms with Gasteiger partial charge in [0.2, 0.25) is 0 Å². The SMILES string of the molecule is CCCCc1ccc([C](c2ccc(CCCC)cc2)=[Zr]([CH]2C=CC=C2)[CH]2c3cc(C)c(C(C)(C)C)cc3-c3cc(C(C)(C)C)c(C)cc32)cc1. The van der Waals surface area contributed by atoms with Gasteiger partial charge >= 0.3 is 314 Å². The van der Waals surface area contributed by atoms with E-state index in [1.54, 1.807) is 14.3 Å². The van der Waals surface area contributed by atoms with E-state index < -0.39 is 21.3 Å². The van der Waals surface area contributed by atoms with Gasteiger partial charge in [-0.1, -0.05) is 0 Å². The molecule has 0 saturated heterocycles. The molecule has 0 saturated carbocycles. The van der Waals surface area contributed by atoms with Crippen molar-refractivity contribution in [3.8, 4) is 11.1 Å². The third-order valence-electron chi connectivity index (χ3n) is 11.2. The summed E-state index contributed by atoms with van der Waals surface area (Å²) in [5.74, 6) is 0. The van der Waals surface area contributed by atoms with Gasteiger partial charge in [-0.25, -0.2) is 0 Å². The summed E-state index contributed by atoms with van der Waals surface area (Å²) in [6.45, 7) is 23.6. The molecule has 1 heteroatoms. The molecular weight excluding hydrogens is 680 g/mol. The second kappa shape index (κ2) is 15.0. The number of rotatable bonds is 10. The van der Waals surface area contributed by atoms with Crippen LogP contribution in [0.4, 0.5) is 0 Å². The van der Waals surface area contributed by atoms with E-state index >= 15 is 0 Å². The molecule has 4 aromatic rings. The fraction of sp³-hybridized carbons (Fsp3) is 0.408. The van der Waals surface area contributed by atoms with E-state index in [9.17, 15) is 0 Å². The van der Waals surface area contributed by atoms with Gasteiger partial charge in [0.05, 0.1) is 0 Å². The van der Waals surface area contributed by atoms with Gasteiger partial charge in [0, 0.05) is 0 Å². The zero-order valence-corrected chi connectivity index (χ0v) is 35.1. The Labute approximate surface area is 312 Å². The van der Waals surface area contributed by atoms with E-state index in [1.165, 1.54) is 81.3 Å². The summed E-state index contributed by atoms with van der Waals surface area (Å²) in [6, 6.07) is 30.1. The van der Waals surface area contributed by atoms with E-state index in [0.717, 1.165) is 12.8 Å². The Morgan fingerprint density at radius 3 is 1.34 bits per heavy atom. The Morgan fingerprint density at radius 1 is 0.580 bits per heavy atom. The standard InChI is InChI=1S/C23H29.C21H26.C5H5.Zr/c1-14-9-16-11-17-10-15(2)21(23(6,7)8)13-19(17)18(16)12-20(14)22(3,4)5;1-3-5-7-18-9-13-20(14-10-18)17-21-15-11-19(12-16-21)8-6-4-2;1-2-4-5-3-1;/h9-13H,1-8H3;9-16H,3-8H2,1-2H3;1-5H;. The fourth-order valence-corrected chi connectivity index (χ4v) is 17.9. The van der Waals surface area contributed by atoms with Gasteiger partial charge < -0.3 is 0 Å². The van der Waals surface area contributed by atoms with Gasteiger partial charge in [0.25, 0.3) is 0 Å². The number of allylic oxidation sites excluding steroid dienone is 4. The van der Waals surface area contributed by atoms with Crippen molar-refractivity contribution in [2.24, 2.45) is 0 Å². The minimum atomic E-state index is -2.74. The minimum absolute atomic E-state index is 0.0871. The van der Waals surface area contributed by atoms with Gasteiger partial charge in [0.1, 0.15) is 0 Å². The molecule has 0 fully saturated rings. The number of hydrogen-bond acceptors (Lipinski definition) is 0. The van der Waals surface area contributed by atoms with Crippen LogP contribution in [0.2, 0.25) is 3.63 Å². The normalized spacial score (nSPS) is 14.4. The molecule has 0 nitrogen and oxygen atoms in total. The van der Waals surface area contributed by atoms with Gasteiger partial charge in [-0.15, -0.1) is 0 Å². The number of hydrogen-bond donors (Lipinski definition) is 0. The average Bonchev–Trinajstić information content (AvgIpc) is 3.70. The summed E-state index contributed by atoms with van der Waals surface area (Å²) in [5.41, 5.74) is 17.9. The van der Waals surface area contributed by atoms with Crippen LogP contribution in [0.25, 0.3) is 11.1 Å². The second-order valence-corrected chi connectivity index (χ2v) is 23.7. The predicted molar refractivity (Wildman–Crippen MR) is 216 cm³/mol. The molecule has 0 unspecified atom stereocenters. The van der Waals surface area contributed by atoms with Gasteiger partial charge in [-0.3, -0.25) is 0 Å². The van der Waals surface area contributed by atoms with Crippen LogP contribution in [0.5, 0.6) is 0 Å². The van der Waals surface area contributed by atoms with Crippen LogP contribution in [0.1, 0.15) is 140 Å². The maximum atomic E-state index is 2.62. The summed E-state index contributed by atoms with van der Waals surface area (Å²) >= 11 is -2.74. The van der Waals surface area contributed by atoms with Gasteiger partial charge in [-0.05, 0) is 0 Å². The Hall–Kier alpha value is -2.89. The number of unbranched alkanes of at least 4 members (excludes halogenated alkanes) is 2. The fourth-order valence-electron chi connectivity index (χ4n) is 8.60. The van der Waals surface area contributed by atoms with Crippen LogP contribution in [-0.2, 0) is 44.9 Å². The molecule has 0 N–H and O–H groups in total. The van der Waals surface area contributed by atoms with Crippen LogP contribution >= 0.6 is 0 Å². The molecule has 0 spiro atoms. The molecule has 2 aliphatic rings. The average molecular weight is 740 g/mol. The van der Waals surface area contributed by atoms with Crippen molar-refractivity contribution >= 4 is 3.21 Å². The molecule has 50 heavy (non-hydrogen) atoms. The first-order valence-electron chi connectivity index (χ1n) is 19.4. The monoisotopic (exact) mass is 738 g/mol. The molecule has 0 radical (unpaired) electrons. The van der Waals surface area contributed by atoms with Crippen molar-refractivity contribution in [1.29, 1.82) is 0 Å². The third kappa shape index (κ3) is 7.51. The molecule has 0 atom stereocenters. The number of fused-ring (bicyclic) bond motifs is 3. The topological polar surface area (TPSA) is 0 Å². The number of aryl methyl sites for hydroxylation is 4. The Balaban J connectivity index is 1.69. The molecular formula is C49H60Zr. The predicted octanol–water partition coefficient (Wildman–Crippen LogP) is 13.5. The summed E-state index contributed by atoms with van der Waals surface area (Å²) in [4.78, 5) is 0. The van der Waals surface area contributed by atoms with Gasteiger partial charge in [0.15, 0.2) is 0 Å². The molecule has 0 aromatic heterocycles. The van der Waals surface area contributed by atoms with E-state index in [2.05, 4.69) is 166 Å². The first kappa shape index (κ1) is 36.9. The Morgan fingerprint density at radius 2 is 0.980 bits per heavy atom. The summed E-state index contributed by atoms with van der Waals surface area (Å²) < 4.78 is 2.58. The van der Waals surface area contributed by atoms with E-state index in [-0.39, 0.29) is 10.8 Å². The number of benzene rings is 4. The quantitative estimate of drug-likeness (QED) is 0.152. The van der Waals surface area contributed by atoms with Crippen LogP contribution in [0.15, 0.2) is 97.1 Å². The van der Waals surface area contributed by atoms with Crippen LogP contribution in [0.3, 0.4) is 0 Å².